The number of aromatic nitrogens is 2. The summed E-state index contributed by atoms with van der Waals surface area (Å²) >= 11 is 0. The van der Waals surface area contributed by atoms with Crippen molar-refractivity contribution in [2.45, 2.75) is 37.8 Å². The highest BCUT2D eigenvalue weighted by atomic mass is 16.2. The first-order valence-electron chi connectivity index (χ1n) is 9.53. The Morgan fingerprint density at radius 1 is 1.22 bits per heavy atom. The zero-order valence-corrected chi connectivity index (χ0v) is 15.9. The van der Waals surface area contributed by atoms with Crippen LogP contribution >= 0.6 is 0 Å². The summed E-state index contributed by atoms with van der Waals surface area (Å²) in [7, 11) is 5.87. The van der Waals surface area contributed by atoms with Gasteiger partial charge in [-0.3, -0.25) is 14.6 Å². The highest BCUT2D eigenvalue weighted by Crippen LogP contribution is 2.39. The number of aromatic amines is 1. The summed E-state index contributed by atoms with van der Waals surface area (Å²) in [6.45, 7) is 0. The van der Waals surface area contributed by atoms with Crippen LogP contribution in [0.5, 0.6) is 0 Å². The molecule has 2 atom stereocenters. The van der Waals surface area contributed by atoms with E-state index in [9.17, 15) is 4.79 Å². The number of guanidine groups is 1. The monoisotopic (exact) mass is 364 g/mol. The predicted octanol–water partition coefficient (Wildman–Crippen LogP) is 2.25. The Morgan fingerprint density at radius 3 is 2.74 bits per heavy atom. The second kappa shape index (κ2) is 5.84. The topological polar surface area (TPSA) is 67.8 Å². The molecule has 1 amide bonds. The molecule has 1 unspecified atom stereocenters. The van der Waals surface area contributed by atoms with Crippen LogP contribution in [0.15, 0.2) is 29.3 Å². The smallest absolute Gasteiger partial charge is 0.280 e. The van der Waals surface area contributed by atoms with Crippen molar-refractivity contribution in [1.29, 1.82) is 0 Å². The van der Waals surface area contributed by atoms with E-state index in [2.05, 4.69) is 39.0 Å². The van der Waals surface area contributed by atoms with Crippen molar-refractivity contribution in [3.63, 3.8) is 0 Å². The van der Waals surface area contributed by atoms with E-state index in [0.717, 1.165) is 30.4 Å². The van der Waals surface area contributed by atoms with Crippen LogP contribution in [0.4, 0.5) is 11.5 Å². The van der Waals surface area contributed by atoms with E-state index < -0.39 is 0 Å². The minimum absolute atomic E-state index is 0.0540. The van der Waals surface area contributed by atoms with Gasteiger partial charge in [0.2, 0.25) is 5.96 Å². The summed E-state index contributed by atoms with van der Waals surface area (Å²) in [6, 6.07) is 9.06. The summed E-state index contributed by atoms with van der Waals surface area (Å²) in [4.78, 5) is 31.6. The first kappa shape index (κ1) is 16.4. The van der Waals surface area contributed by atoms with Crippen molar-refractivity contribution in [3.8, 4) is 0 Å². The number of nitrogens with one attached hydrogen (secondary N) is 1. The number of rotatable bonds is 3. The quantitative estimate of drug-likeness (QED) is 0.907. The maximum absolute atomic E-state index is 12.8. The average molecular weight is 364 g/mol. The van der Waals surface area contributed by atoms with Gasteiger partial charge in [-0.15, -0.1) is 0 Å². The molecule has 5 rings (SSSR count). The minimum Gasteiger partial charge on any atom is -0.378 e. The largest absolute Gasteiger partial charge is 0.378 e. The number of benzene rings is 1. The number of imidazole rings is 1. The lowest BCUT2D eigenvalue weighted by atomic mass is 10.1. The van der Waals surface area contributed by atoms with Crippen molar-refractivity contribution in [1.82, 2.24) is 14.9 Å². The third kappa shape index (κ3) is 2.44. The van der Waals surface area contributed by atoms with E-state index in [0.29, 0.717) is 24.2 Å². The van der Waals surface area contributed by atoms with Gasteiger partial charge in [-0.25, -0.2) is 9.98 Å². The third-order valence-electron chi connectivity index (χ3n) is 5.88. The number of carbonyl (C=O) groups excluding carboxylic acids is 1. The second-order valence-corrected chi connectivity index (χ2v) is 7.85. The van der Waals surface area contributed by atoms with Gasteiger partial charge in [0.25, 0.3) is 5.91 Å². The fourth-order valence-electron chi connectivity index (χ4n) is 4.41. The highest BCUT2D eigenvalue weighted by molar-refractivity contribution is 6.18. The van der Waals surface area contributed by atoms with Gasteiger partial charge in [0.15, 0.2) is 5.82 Å². The number of H-pyrrole nitrogens is 1. The maximum atomic E-state index is 12.8. The van der Waals surface area contributed by atoms with Gasteiger partial charge in [-0.1, -0.05) is 12.1 Å². The SMILES string of the molecule is CN1C(=O)c2[nH]c(Cc3ccc(N(C)C)cc3)nc2N2C1=NC1CCC[C@@H]12. The number of fused-ring (bicyclic) bond motifs is 5. The Kier molecular flexibility index (Phi) is 3.54. The summed E-state index contributed by atoms with van der Waals surface area (Å²) in [5.41, 5.74) is 2.92. The molecule has 1 aromatic heterocycles. The van der Waals surface area contributed by atoms with Gasteiger partial charge in [0.1, 0.15) is 11.5 Å². The van der Waals surface area contributed by atoms with E-state index in [1.54, 1.807) is 11.9 Å². The summed E-state index contributed by atoms with van der Waals surface area (Å²) in [6.07, 6.45) is 4.06. The van der Waals surface area contributed by atoms with E-state index >= 15 is 0 Å². The molecule has 2 aromatic rings. The van der Waals surface area contributed by atoms with Gasteiger partial charge in [0, 0.05) is 33.3 Å². The van der Waals surface area contributed by atoms with E-state index in [-0.39, 0.29) is 5.91 Å². The fourth-order valence-corrected chi connectivity index (χ4v) is 4.41. The molecule has 1 aliphatic carbocycles. The Bertz CT molecular complexity index is 928. The van der Waals surface area contributed by atoms with Crippen molar-refractivity contribution < 1.29 is 4.79 Å². The molecular weight excluding hydrogens is 340 g/mol. The summed E-state index contributed by atoms with van der Waals surface area (Å²) < 4.78 is 0. The number of carbonyl (C=O) groups is 1. The van der Waals surface area contributed by atoms with Crippen LogP contribution in [0.25, 0.3) is 0 Å². The van der Waals surface area contributed by atoms with Crippen molar-refractivity contribution in [2.75, 3.05) is 30.9 Å². The molecule has 3 heterocycles. The molecule has 3 aliphatic rings. The van der Waals surface area contributed by atoms with Crippen LogP contribution in [0.1, 0.15) is 41.1 Å². The fraction of sp³-hybridized carbons (Fsp3) is 0.450. The Labute approximate surface area is 158 Å². The zero-order chi connectivity index (χ0) is 18.7. The molecule has 1 saturated carbocycles. The molecule has 1 fully saturated rings. The first-order chi connectivity index (χ1) is 13.0. The molecule has 2 aliphatic heterocycles. The van der Waals surface area contributed by atoms with Crippen molar-refractivity contribution in [3.05, 3.63) is 41.3 Å². The number of amides is 1. The minimum atomic E-state index is -0.0540. The average Bonchev–Trinajstić information content (AvgIpc) is 3.34. The van der Waals surface area contributed by atoms with Crippen LogP contribution in [0, 0.1) is 0 Å². The van der Waals surface area contributed by atoms with Crippen LogP contribution in [0.2, 0.25) is 0 Å². The molecule has 7 nitrogen and oxygen atoms in total. The van der Waals surface area contributed by atoms with E-state index in [4.69, 9.17) is 9.98 Å². The Morgan fingerprint density at radius 2 is 2.00 bits per heavy atom. The van der Waals surface area contributed by atoms with E-state index in [1.165, 1.54) is 17.7 Å². The molecule has 27 heavy (non-hydrogen) atoms. The number of hydrogen-bond donors (Lipinski definition) is 1. The number of aliphatic imine (C=N–C) groups is 1. The van der Waals surface area contributed by atoms with Gasteiger partial charge in [0.05, 0.1) is 12.1 Å². The van der Waals surface area contributed by atoms with Crippen LogP contribution in [-0.2, 0) is 6.42 Å². The normalized spacial score (nSPS) is 23.2. The Balaban J connectivity index is 1.47. The van der Waals surface area contributed by atoms with Crippen molar-refractivity contribution >= 4 is 23.4 Å². The standard InChI is InChI=1S/C20H24N6O/c1-24(2)13-9-7-12(8-10-13)11-16-22-17-18(23-16)26-15-6-4-5-14(15)21-20(26)25(3)19(17)27/h7-10,14-15H,4-6,11H2,1-3H3,(H,22,23)/t14?,15-/m0/s1. The Hall–Kier alpha value is -2.83. The second-order valence-electron chi connectivity index (χ2n) is 7.85. The highest BCUT2D eigenvalue weighted by Gasteiger charge is 2.48. The molecule has 7 heteroatoms. The lowest BCUT2D eigenvalue weighted by Crippen LogP contribution is -2.51. The van der Waals surface area contributed by atoms with Gasteiger partial charge >= 0.3 is 0 Å². The van der Waals surface area contributed by atoms with Crippen LogP contribution in [-0.4, -0.2) is 60.0 Å². The van der Waals surface area contributed by atoms with Gasteiger partial charge in [-0.2, -0.15) is 0 Å². The molecule has 0 spiro atoms. The van der Waals surface area contributed by atoms with Gasteiger partial charge < -0.3 is 9.88 Å². The number of nitrogens with zero attached hydrogens (tertiary/aromatic N) is 5. The molecule has 140 valence electrons. The summed E-state index contributed by atoms with van der Waals surface area (Å²) in [5, 5.41) is 0. The first-order valence-corrected chi connectivity index (χ1v) is 9.53. The van der Waals surface area contributed by atoms with Crippen LogP contribution < -0.4 is 9.80 Å². The van der Waals surface area contributed by atoms with Gasteiger partial charge in [-0.05, 0) is 37.0 Å². The maximum Gasteiger partial charge on any atom is 0.280 e. The molecule has 0 saturated heterocycles. The van der Waals surface area contributed by atoms with Crippen molar-refractivity contribution in [2.24, 2.45) is 4.99 Å². The summed E-state index contributed by atoms with van der Waals surface area (Å²) in [5.74, 6) is 2.28. The lowest BCUT2D eigenvalue weighted by molar-refractivity contribution is 0.0859. The molecule has 0 bridgehead atoms. The molecule has 0 radical (unpaired) electrons. The number of anilines is 2. The predicted molar refractivity (Wildman–Crippen MR) is 106 cm³/mol. The lowest BCUT2D eigenvalue weighted by Gasteiger charge is -2.33. The molecule has 1 N–H and O–H groups in total. The molecular formula is C20H24N6O. The molecule has 1 aromatic carbocycles. The van der Waals surface area contributed by atoms with Crippen LogP contribution in [0.3, 0.4) is 0 Å². The zero-order valence-electron chi connectivity index (χ0n) is 15.9. The third-order valence-corrected chi connectivity index (χ3v) is 5.88. The number of hydrogen-bond acceptors (Lipinski definition) is 5. The van der Waals surface area contributed by atoms with E-state index in [1.807, 2.05) is 14.1 Å².